The molecule has 0 aliphatic rings. The zero-order valence-electron chi connectivity index (χ0n) is 11.4. The highest BCUT2D eigenvalue weighted by Crippen LogP contribution is 2.32. The Labute approximate surface area is 129 Å². The molecular formula is C17H17Cl2F. The molecule has 2 aromatic carbocycles. The summed E-state index contributed by atoms with van der Waals surface area (Å²) in [6.45, 7) is 1.98. The molecular weight excluding hydrogens is 294 g/mol. The van der Waals surface area contributed by atoms with Gasteiger partial charge in [0.25, 0.3) is 0 Å². The Kier molecular flexibility index (Phi) is 5.06. The van der Waals surface area contributed by atoms with Gasteiger partial charge in [-0.05, 0) is 42.2 Å². The second kappa shape index (κ2) is 6.60. The summed E-state index contributed by atoms with van der Waals surface area (Å²) in [6.07, 6.45) is 0.633. The van der Waals surface area contributed by atoms with Crippen LogP contribution in [-0.2, 0) is 11.8 Å². The quantitative estimate of drug-likeness (QED) is 0.675. The van der Waals surface area contributed by atoms with Crippen molar-refractivity contribution < 1.29 is 4.39 Å². The van der Waals surface area contributed by atoms with Gasteiger partial charge in [-0.25, -0.2) is 4.39 Å². The van der Waals surface area contributed by atoms with Crippen LogP contribution in [0.4, 0.5) is 4.39 Å². The molecule has 20 heavy (non-hydrogen) atoms. The van der Waals surface area contributed by atoms with Crippen LogP contribution in [0, 0.1) is 12.7 Å². The molecule has 0 aliphatic carbocycles. The van der Waals surface area contributed by atoms with Gasteiger partial charge in [-0.3, -0.25) is 0 Å². The van der Waals surface area contributed by atoms with Crippen LogP contribution in [-0.4, -0.2) is 11.8 Å². The van der Waals surface area contributed by atoms with E-state index in [4.69, 9.17) is 23.2 Å². The van der Waals surface area contributed by atoms with E-state index in [0.717, 1.165) is 16.7 Å². The van der Waals surface area contributed by atoms with Gasteiger partial charge in [-0.15, -0.1) is 23.2 Å². The van der Waals surface area contributed by atoms with Crippen LogP contribution in [0.2, 0.25) is 0 Å². The summed E-state index contributed by atoms with van der Waals surface area (Å²) in [5.41, 5.74) is 2.73. The summed E-state index contributed by atoms with van der Waals surface area (Å²) >= 11 is 12.4. The number of aryl methyl sites for hydroxylation is 1. The third-order valence-corrected chi connectivity index (χ3v) is 4.76. The van der Waals surface area contributed by atoms with E-state index in [1.165, 1.54) is 6.07 Å². The first-order valence-electron chi connectivity index (χ1n) is 6.54. The SMILES string of the molecule is Cc1ccc(F)cc1CC(CCl)(CCl)c1ccccc1. The van der Waals surface area contributed by atoms with Crippen LogP contribution < -0.4 is 0 Å². The molecule has 0 heterocycles. The molecule has 0 saturated heterocycles. The van der Waals surface area contributed by atoms with E-state index in [-0.39, 0.29) is 11.2 Å². The van der Waals surface area contributed by atoms with Crippen molar-refractivity contribution in [2.45, 2.75) is 18.8 Å². The average Bonchev–Trinajstić information content (AvgIpc) is 2.49. The Morgan fingerprint density at radius 2 is 1.65 bits per heavy atom. The second-order valence-electron chi connectivity index (χ2n) is 5.16. The molecule has 0 radical (unpaired) electrons. The van der Waals surface area contributed by atoms with Crippen LogP contribution >= 0.6 is 23.2 Å². The number of hydrogen-bond donors (Lipinski definition) is 0. The molecule has 0 atom stereocenters. The summed E-state index contributed by atoms with van der Waals surface area (Å²) < 4.78 is 13.5. The minimum absolute atomic E-state index is 0.225. The van der Waals surface area contributed by atoms with E-state index in [9.17, 15) is 4.39 Å². The summed E-state index contributed by atoms with van der Waals surface area (Å²) in [5.74, 6) is 0.573. The summed E-state index contributed by atoms with van der Waals surface area (Å²) in [6, 6.07) is 14.8. The molecule has 3 heteroatoms. The van der Waals surface area contributed by atoms with Crippen LogP contribution in [0.25, 0.3) is 0 Å². The fourth-order valence-corrected chi connectivity index (χ4v) is 3.16. The van der Waals surface area contributed by atoms with Gasteiger partial charge in [0.2, 0.25) is 0 Å². The minimum Gasteiger partial charge on any atom is -0.207 e. The van der Waals surface area contributed by atoms with Crippen LogP contribution in [0.5, 0.6) is 0 Å². The summed E-state index contributed by atoms with van der Waals surface area (Å²) in [7, 11) is 0. The first-order valence-corrected chi connectivity index (χ1v) is 7.61. The second-order valence-corrected chi connectivity index (χ2v) is 5.70. The molecule has 2 aromatic rings. The fraction of sp³-hybridized carbons (Fsp3) is 0.294. The molecule has 0 aromatic heterocycles. The monoisotopic (exact) mass is 310 g/mol. The lowest BCUT2D eigenvalue weighted by Gasteiger charge is -2.31. The molecule has 0 amide bonds. The molecule has 2 rings (SSSR count). The number of halogens is 3. The molecule has 0 unspecified atom stereocenters. The average molecular weight is 311 g/mol. The number of benzene rings is 2. The minimum atomic E-state index is -0.372. The Morgan fingerprint density at radius 3 is 2.25 bits per heavy atom. The molecule has 0 fully saturated rings. The molecule has 0 spiro atoms. The molecule has 0 aliphatic heterocycles. The van der Waals surface area contributed by atoms with Crippen molar-refractivity contribution in [3.8, 4) is 0 Å². The first kappa shape index (κ1) is 15.3. The molecule has 106 valence electrons. The lowest BCUT2D eigenvalue weighted by Crippen LogP contribution is -2.33. The van der Waals surface area contributed by atoms with Crippen molar-refractivity contribution in [3.05, 3.63) is 71.0 Å². The maximum atomic E-state index is 13.5. The predicted molar refractivity (Wildman–Crippen MR) is 84.4 cm³/mol. The fourth-order valence-electron chi connectivity index (χ4n) is 2.37. The number of hydrogen-bond acceptors (Lipinski definition) is 0. The Hall–Kier alpha value is -1.05. The largest absolute Gasteiger partial charge is 0.207 e. The standard InChI is InChI=1S/C17H17Cl2F/c1-13-7-8-16(20)9-14(13)10-17(11-18,12-19)15-5-3-2-4-6-15/h2-9H,10-12H2,1H3. The maximum Gasteiger partial charge on any atom is 0.123 e. The summed E-state index contributed by atoms with van der Waals surface area (Å²) in [4.78, 5) is 0. The van der Waals surface area contributed by atoms with E-state index in [1.807, 2.05) is 37.3 Å². The topological polar surface area (TPSA) is 0 Å². The van der Waals surface area contributed by atoms with Crippen molar-refractivity contribution in [2.24, 2.45) is 0 Å². The lowest BCUT2D eigenvalue weighted by atomic mass is 9.78. The van der Waals surface area contributed by atoms with Gasteiger partial charge in [0, 0.05) is 17.2 Å². The van der Waals surface area contributed by atoms with Crippen LogP contribution in [0.1, 0.15) is 16.7 Å². The van der Waals surface area contributed by atoms with Gasteiger partial charge in [0.15, 0.2) is 0 Å². The van der Waals surface area contributed by atoms with Gasteiger partial charge < -0.3 is 0 Å². The normalized spacial score (nSPS) is 11.6. The van der Waals surface area contributed by atoms with Crippen molar-refractivity contribution in [3.63, 3.8) is 0 Å². The van der Waals surface area contributed by atoms with E-state index < -0.39 is 0 Å². The van der Waals surface area contributed by atoms with Crippen LogP contribution in [0.15, 0.2) is 48.5 Å². The molecule has 0 saturated carbocycles. The third-order valence-electron chi connectivity index (χ3n) is 3.74. The van der Waals surface area contributed by atoms with Gasteiger partial charge in [0.05, 0.1) is 0 Å². The highest BCUT2D eigenvalue weighted by molar-refractivity contribution is 6.22. The van der Waals surface area contributed by atoms with Gasteiger partial charge >= 0.3 is 0 Å². The van der Waals surface area contributed by atoms with Crippen LogP contribution in [0.3, 0.4) is 0 Å². The van der Waals surface area contributed by atoms with E-state index in [1.54, 1.807) is 12.1 Å². The molecule has 0 nitrogen and oxygen atoms in total. The zero-order valence-corrected chi connectivity index (χ0v) is 12.9. The summed E-state index contributed by atoms with van der Waals surface area (Å²) in [5, 5.41) is 0. The van der Waals surface area contributed by atoms with Crippen molar-refractivity contribution >= 4 is 23.2 Å². The van der Waals surface area contributed by atoms with E-state index >= 15 is 0 Å². The Balaban J connectivity index is 2.42. The zero-order chi connectivity index (χ0) is 14.6. The Bertz CT molecular complexity index is 562. The van der Waals surface area contributed by atoms with Crippen molar-refractivity contribution in [2.75, 3.05) is 11.8 Å². The van der Waals surface area contributed by atoms with Crippen molar-refractivity contribution in [1.29, 1.82) is 0 Å². The van der Waals surface area contributed by atoms with Gasteiger partial charge in [-0.1, -0.05) is 36.4 Å². The molecule has 0 bridgehead atoms. The van der Waals surface area contributed by atoms with E-state index in [0.29, 0.717) is 18.2 Å². The highest BCUT2D eigenvalue weighted by Gasteiger charge is 2.31. The van der Waals surface area contributed by atoms with Gasteiger partial charge in [-0.2, -0.15) is 0 Å². The van der Waals surface area contributed by atoms with E-state index in [2.05, 4.69) is 0 Å². The lowest BCUT2D eigenvalue weighted by molar-refractivity contribution is 0.531. The smallest absolute Gasteiger partial charge is 0.123 e. The number of alkyl halides is 2. The third kappa shape index (κ3) is 3.16. The van der Waals surface area contributed by atoms with Crippen molar-refractivity contribution in [1.82, 2.24) is 0 Å². The maximum absolute atomic E-state index is 13.5. The predicted octanol–water partition coefficient (Wildman–Crippen LogP) is 5.09. The number of rotatable bonds is 5. The highest BCUT2D eigenvalue weighted by atomic mass is 35.5. The van der Waals surface area contributed by atoms with Gasteiger partial charge in [0.1, 0.15) is 5.82 Å². The molecule has 0 N–H and O–H groups in total. The Morgan fingerprint density at radius 1 is 1.00 bits per heavy atom. The first-order chi connectivity index (χ1) is 9.61.